The number of piperazine rings is 1. The molecule has 0 aliphatic carbocycles. The van der Waals surface area contributed by atoms with E-state index in [9.17, 15) is 4.79 Å². The lowest BCUT2D eigenvalue weighted by molar-refractivity contribution is -0.134. The van der Waals surface area contributed by atoms with Crippen LogP contribution in [0.25, 0.3) is 0 Å². The Kier molecular flexibility index (Phi) is 5.18. The zero-order valence-electron chi connectivity index (χ0n) is 12.9. The standard InChI is InChI=1S/C17H26N2O/c1-4-15-5-7-16(8-6-15)9-10-17(20)19-12-11-18-13(2)14(19)3/h5-8,13-14,18H,4,9-12H2,1-3H3. The van der Waals surface area contributed by atoms with Crippen LogP contribution in [0.5, 0.6) is 0 Å². The summed E-state index contributed by atoms with van der Waals surface area (Å²) >= 11 is 0. The lowest BCUT2D eigenvalue weighted by atomic mass is 10.0. The molecule has 2 atom stereocenters. The van der Waals surface area contributed by atoms with Crippen LogP contribution >= 0.6 is 0 Å². The zero-order valence-corrected chi connectivity index (χ0v) is 12.9. The normalized spacial score (nSPS) is 22.9. The second kappa shape index (κ2) is 6.89. The zero-order chi connectivity index (χ0) is 14.5. The van der Waals surface area contributed by atoms with E-state index in [4.69, 9.17) is 0 Å². The summed E-state index contributed by atoms with van der Waals surface area (Å²) < 4.78 is 0. The Morgan fingerprint density at radius 2 is 1.90 bits per heavy atom. The highest BCUT2D eigenvalue weighted by Crippen LogP contribution is 2.13. The fourth-order valence-corrected chi connectivity index (χ4v) is 2.75. The first-order valence-corrected chi connectivity index (χ1v) is 7.72. The maximum atomic E-state index is 12.3. The van der Waals surface area contributed by atoms with E-state index in [2.05, 4.69) is 50.4 Å². The Balaban J connectivity index is 1.87. The van der Waals surface area contributed by atoms with Crippen molar-refractivity contribution in [3.8, 4) is 0 Å². The summed E-state index contributed by atoms with van der Waals surface area (Å²) in [6.07, 6.45) is 2.52. The molecule has 1 fully saturated rings. The second-order valence-electron chi connectivity index (χ2n) is 5.74. The van der Waals surface area contributed by atoms with Crippen molar-refractivity contribution in [2.24, 2.45) is 0 Å². The van der Waals surface area contributed by atoms with E-state index in [-0.39, 0.29) is 5.91 Å². The fraction of sp³-hybridized carbons (Fsp3) is 0.588. The molecule has 2 rings (SSSR count). The van der Waals surface area contributed by atoms with Crippen molar-refractivity contribution in [3.05, 3.63) is 35.4 Å². The van der Waals surface area contributed by atoms with Crippen LogP contribution in [0.1, 0.15) is 38.3 Å². The average Bonchev–Trinajstić information content (AvgIpc) is 2.48. The third kappa shape index (κ3) is 3.60. The summed E-state index contributed by atoms with van der Waals surface area (Å²) in [6.45, 7) is 8.17. The third-order valence-corrected chi connectivity index (χ3v) is 4.41. The molecule has 0 aromatic heterocycles. The average molecular weight is 274 g/mol. The van der Waals surface area contributed by atoms with Crippen molar-refractivity contribution in [2.75, 3.05) is 13.1 Å². The molecule has 1 saturated heterocycles. The Bertz CT molecular complexity index is 441. The lowest BCUT2D eigenvalue weighted by Gasteiger charge is -2.38. The third-order valence-electron chi connectivity index (χ3n) is 4.41. The Hall–Kier alpha value is -1.35. The van der Waals surface area contributed by atoms with Gasteiger partial charge in [0.25, 0.3) is 0 Å². The quantitative estimate of drug-likeness (QED) is 0.914. The van der Waals surface area contributed by atoms with Gasteiger partial charge in [0, 0.05) is 31.6 Å². The summed E-state index contributed by atoms with van der Waals surface area (Å²) in [5, 5.41) is 3.41. The van der Waals surface area contributed by atoms with Gasteiger partial charge >= 0.3 is 0 Å². The van der Waals surface area contributed by atoms with Crippen LogP contribution in [-0.4, -0.2) is 36.0 Å². The van der Waals surface area contributed by atoms with E-state index in [0.29, 0.717) is 18.5 Å². The van der Waals surface area contributed by atoms with Crippen molar-refractivity contribution in [2.45, 2.75) is 52.1 Å². The fourth-order valence-electron chi connectivity index (χ4n) is 2.75. The predicted octanol–water partition coefficient (Wildman–Crippen LogP) is 2.39. The first-order valence-electron chi connectivity index (χ1n) is 7.72. The van der Waals surface area contributed by atoms with Gasteiger partial charge in [0.05, 0.1) is 0 Å². The number of benzene rings is 1. The molecule has 1 aromatic carbocycles. The molecule has 1 heterocycles. The maximum absolute atomic E-state index is 12.3. The molecule has 1 aliphatic rings. The van der Waals surface area contributed by atoms with Crippen molar-refractivity contribution < 1.29 is 4.79 Å². The van der Waals surface area contributed by atoms with E-state index < -0.39 is 0 Å². The van der Waals surface area contributed by atoms with Gasteiger partial charge in [-0.2, -0.15) is 0 Å². The molecule has 0 radical (unpaired) electrons. The van der Waals surface area contributed by atoms with Gasteiger partial charge in [-0.1, -0.05) is 31.2 Å². The minimum Gasteiger partial charge on any atom is -0.337 e. The van der Waals surface area contributed by atoms with Crippen LogP contribution in [0.2, 0.25) is 0 Å². The highest BCUT2D eigenvalue weighted by Gasteiger charge is 2.27. The Morgan fingerprint density at radius 3 is 2.55 bits per heavy atom. The number of carbonyl (C=O) groups is 1. The van der Waals surface area contributed by atoms with Crippen LogP contribution in [0, 0.1) is 0 Å². The van der Waals surface area contributed by atoms with Gasteiger partial charge in [-0.3, -0.25) is 4.79 Å². The first-order chi connectivity index (χ1) is 9.61. The van der Waals surface area contributed by atoms with Gasteiger partial charge in [0.2, 0.25) is 5.91 Å². The molecule has 0 bridgehead atoms. The van der Waals surface area contributed by atoms with Crippen LogP contribution in [-0.2, 0) is 17.6 Å². The van der Waals surface area contributed by atoms with Gasteiger partial charge in [-0.15, -0.1) is 0 Å². The molecular weight excluding hydrogens is 248 g/mol. The molecule has 2 unspecified atom stereocenters. The number of nitrogens with zero attached hydrogens (tertiary/aromatic N) is 1. The van der Waals surface area contributed by atoms with Gasteiger partial charge < -0.3 is 10.2 Å². The second-order valence-corrected chi connectivity index (χ2v) is 5.74. The summed E-state index contributed by atoms with van der Waals surface area (Å²) in [6, 6.07) is 9.30. The van der Waals surface area contributed by atoms with E-state index in [1.165, 1.54) is 11.1 Å². The largest absolute Gasteiger partial charge is 0.337 e. The van der Waals surface area contributed by atoms with E-state index in [1.54, 1.807) is 0 Å². The van der Waals surface area contributed by atoms with Crippen molar-refractivity contribution in [1.29, 1.82) is 0 Å². The molecule has 110 valence electrons. The number of amides is 1. The van der Waals surface area contributed by atoms with Crippen LogP contribution in [0.4, 0.5) is 0 Å². The number of hydrogen-bond acceptors (Lipinski definition) is 2. The minimum atomic E-state index is 0.283. The van der Waals surface area contributed by atoms with Crippen molar-refractivity contribution in [3.63, 3.8) is 0 Å². The van der Waals surface area contributed by atoms with Gasteiger partial charge in [-0.25, -0.2) is 0 Å². The summed E-state index contributed by atoms with van der Waals surface area (Å²) in [7, 11) is 0. The molecule has 1 amide bonds. The van der Waals surface area contributed by atoms with E-state index in [1.807, 2.05) is 4.90 Å². The maximum Gasteiger partial charge on any atom is 0.223 e. The molecule has 1 N–H and O–H groups in total. The monoisotopic (exact) mass is 274 g/mol. The van der Waals surface area contributed by atoms with Crippen molar-refractivity contribution in [1.82, 2.24) is 10.2 Å². The lowest BCUT2D eigenvalue weighted by Crippen LogP contribution is -2.57. The number of carbonyl (C=O) groups excluding carboxylic acids is 1. The highest BCUT2D eigenvalue weighted by molar-refractivity contribution is 5.77. The van der Waals surface area contributed by atoms with E-state index >= 15 is 0 Å². The predicted molar refractivity (Wildman–Crippen MR) is 82.8 cm³/mol. The van der Waals surface area contributed by atoms with Crippen LogP contribution < -0.4 is 5.32 Å². The molecular formula is C17H26N2O. The number of nitrogens with one attached hydrogen (secondary N) is 1. The molecule has 20 heavy (non-hydrogen) atoms. The first kappa shape index (κ1) is 15.0. The molecule has 3 nitrogen and oxygen atoms in total. The minimum absolute atomic E-state index is 0.283. The van der Waals surface area contributed by atoms with Crippen molar-refractivity contribution >= 4 is 5.91 Å². The van der Waals surface area contributed by atoms with Gasteiger partial charge in [0.1, 0.15) is 0 Å². The number of hydrogen-bond donors (Lipinski definition) is 1. The summed E-state index contributed by atoms with van der Waals surface area (Å²) in [4.78, 5) is 14.4. The number of rotatable bonds is 4. The SMILES string of the molecule is CCc1ccc(CCC(=O)N2CCNC(C)C2C)cc1. The smallest absolute Gasteiger partial charge is 0.223 e. The Morgan fingerprint density at radius 1 is 1.25 bits per heavy atom. The highest BCUT2D eigenvalue weighted by atomic mass is 16.2. The molecule has 0 spiro atoms. The molecule has 3 heteroatoms. The molecule has 1 aliphatic heterocycles. The Labute approximate surface area is 122 Å². The summed E-state index contributed by atoms with van der Waals surface area (Å²) in [5.41, 5.74) is 2.61. The molecule has 1 aromatic rings. The molecule has 0 saturated carbocycles. The number of aryl methyl sites for hydroxylation is 2. The van der Waals surface area contributed by atoms with E-state index in [0.717, 1.165) is 25.9 Å². The van der Waals surface area contributed by atoms with Crippen LogP contribution in [0.3, 0.4) is 0 Å². The van der Waals surface area contributed by atoms with Gasteiger partial charge in [0.15, 0.2) is 0 Å². The van der Waals surface area contributed by atoms with Gasteiger partial charge in [-0.05, 0) is 37.8 Å². The summed E-state index contributed by atoms with van der Waals surface area (Å²) in [5.74, 6) is 0.283. The van der Waals surface area contributed by atoms with Crippen LogP contribution in [0.15, 0.2) is 24.3 Å². The topological polar surface area (TPSA) is 32.3 Å².